The van der Waals surface area contributed by atoms with Crippen LogP contribution in [0.25, 0.3) is 0 Å². The molecule has 2 nitrogen and oxygen atoms in total. The number of Topliss-reactive ketones (excluding diaryl/α,β-unsaturated/α-hetero) is 1. The Morgan fingerprint density at radius 1 is 1.50 bits per heavy atom. The van der Waals surface area contributed by atoms with Crippen LogP contribution in [0.4, 0.5) is 4.39 Å². The molecule has 0 bridgehead atoms. The molecule has 0 atom stereocenters. The number of hydrogen-bond donors (Lipinski definition) is 0. The number of halogens is 2. The van der Waals surface area contributed by atoms with Crippen LogP contribution in [0.1, 0.15) is 15.4 Å². The lowest BCUT2D eigenvalue weighted by Gasteiger charge is -2.02. The van der Waals surface area contributed by atoms with Gasteiger partial charge in [-0.25, -0.2) is 9.37 Å². The van der Waals surface area contributed by atoms with Gasteiger partial charge in [-0.3, -0.25) is 4.79 Å². The average molecular weight is 300 g/mol. The number of aromatic nitrogens is 1. The first kappa shape index (κ1) is 11.4. The molecule has 0 aliphatic rings. The van der Waals surface area contributed by atoms with Crippen LogP contribution in [0.2, 0.25) is 0 Å². The minimum atomic E-state index is -0.363. The highest BCUT2D eigenvalue weighted by Crippen LogP contribution is 2.20. The lowest BCUT2D eigenvalue weighted by atomic mass is 10.1. The average Bonchev–Trinajstić information content (AvgIpc) is 2.70. The Bertz CT molecular complexity index is 513. The fraction of sp³-hybridized carbons (Fsp3) is 0.0909. The van der Waals surface area contributed by atoms with Gasteiger partial charge in [0.2, 0.25) is 0 Å². The van der Waals surface area contributed by atoms with Crippen LogP contribution in [0.15, 0.2) is 34.2 Å². The molecule has 0 aliphatic carbocycles. The van der Waals surface area contributed by atoms with Gasteiger partial charge in [-0.1, -0.05) is 0 Å². The largest absolute Gasteiger partial charge is 0.294 e. The Labute approximate surface area is 104 Å². The topological polar surface area (TPSA) is 30.0 Å². The second-order valence-electron chi connectivity index (χ2n) is 3.15. The van der Waals surface area contributed by atoms with E-state index in [2.05, 4.69) is 20.9 Å². The summed E-state index contributed by atoms with van der Waals surface area (Å²) < 4.78 is 13.3. The van der Waals surface area contributed by atoms with Gasteiger partial charge in [-0.15, -0.1) is 11.3 Å². The van der Waals surface area contributed by atoms with Gasteiger partial charge < -0.3 is 0 Å². The third-order valence-electron chi connectivity index (χ3n) is 2.03. The minimum absolute atomic E-state index is 0.0678. The molecule has 0 unspecified atom stereocenters. The fourth-order valence-corrected chi connectivity index (χ4v) is 2.48. The lowest BCUT2D eigenvalue weighted by Crippen LogP contribution is -2.04. The van der Waals surface area contributed by atoms with Crippen LogP contribution in [-0.4, -0.2) is 10.8 Å². The maximum absolute atomic E-state index is 12.8. The van der Waals surface area contributed by atoms with E-state index in [1.54, 1.807) is 6.20 Å². The van der Waals surface area contributed by atoms with Crippen molar-refractivity contribution in [2.24, 2.45) is 0 Å². The molecule has 2 rings (SSSR count). The molecule has 2 aromatic rings. The summed E-state index contributed by atoms with van der Waals surface area (Å²) in [6.45, 7) is 0. The van der Waals surface area contributed by atoms with Crippen molar-refractivity contribution in [2.45, 2.75) is 6.42 Å². The Morgan fingerprint density at radius 3 is 2.94 bits per heavy atom. The van der Waals surface area contributed by atoms with E-state index in [0.29, 0.717) is 10.0 Å². The summed E-state index contributed by atoms with van der Waals surface area (Å²) in [5.74, 6) is -0.431. The maximum Gasteiger partial charge on any atom is 0.170 e. The predicted molar refractivity (Wildman–Crippen MR) is 64.2 cm³/mol. The van der Waals surface area contributed by atoms with E-state index in [-0.39, 0.29) is 18.0 Å². The summed E-state index contributed by atoms with van der Waals surface area (Å²) in [5, 5.41) is 2.59. The SMILES string of the molecule is O=C(Cc1nccs1)c1ccc(F)cc1Br. The predicted octanol–water partition coefficient (Wildman–Crippen LogP) is 3.47. The van der Waals surface area contributed by atoms with Crippen molar-refractivity contribution in [2.75, 3.05) is 0 Å². The number of rotatable bonds is 3. The molecule has 0 aliphatic heterocycles. The number of carbonyl (C=O) groups is 1. The highest BCUT2D eigenvalue weighted by Gasteiger charge is 2.12. The molecule has 1 aromatic heterocycles. The van der Waals surface area contributed by atoms with Crippen LogP contribution in [0.3, 0.4) is 0 Å². The van der Waals surface area contributed by atoms with Gasteiger partial charge >= 0.3 is 0 Å². The van der Waals surface area contributed by atoms with Crippen molar-refractivity contribution in [3.05, 3.63) is 50.6 Å². The summed E-state index contributed by atoms with van der Waals surface area (Å²) >= 11 is 4.61. The molecule has 0 N–H and O–H groups in total. The number of carbonyl (C=O) groups excluding carboxylic acids is 1. The summed E-state index contributed by atoms with van der Waals surface area (Å²) in [5.41, 5.74) is 0.483. The van der Waals surface area contributed by atoms with E-state index in [9.17, 15) is 9.18 Å². The van der Waals surface area contributed by atoms with Gasteiger partial charge in [0.25, 0.3) is 0 Å². The second-order valence-corrected chi connectivity index (χ2v) is 4.98. The number of hydrogen-bond acceptors (Lipinski definition) is 3. The van der Waals surface area contributed by atoms with Gasteiger partial charge in [0.1, 0.15) is 10.8 Å². The summed E-state index contributed by atoms with van der Waals surface area (Å²) in [6.07, 6.45) is 1.91. The molecule has 1 heterocycles. The van der Waals surface area contributed by atoms with Gasteiger partial charge in [-0.05, 0) is 34.1 Å². The first-order valence-electron chi connectivity index (χ1n) is 4.53. The first-order chi connectivity index (χ1) is 7.66. The van der Waals surface area contributed by atoms with Crippen molar-refractivity contribution in [3.8, 4) is 0 Å². The fourth-order valence-electron chi connectivity index (χ4n) is 1.29. The highest BCUT2D eigenvalue weighted by molar-refractivity contribution is 9.10. The van der Waals surface area contributed by atoms with Crippen LogP contribution < -0.4 is 0 Å². The first-order valence-corrected chi connectivity index (χ1v) is 6.20. The molecular weight excluding hydrogens is 293 g/mol. The van der Waals surface area contributed by atoms with Crippen molar-refractivity contribution in [1.29, 1.82) is 0 Å². The molecule has 0 amide bonds. The quantitative estimate of drug-likeness (QED) is 0.812. The molecule has 0 spiro atoms. The van der Waals surface area contributed by atoms with E-state index in [0.717, 1.165) is 5.01 Å². The molecule has 0 saturated carbocycles. The normalized spacial score (nSPS) is 10.4. The molecule has 82 valence electrons. The number of benzene rings is 1. The molecule has 1 aromatic carbocycles. The lowest BCUT2D eigenvalue weighted by molar-refractivity contribution is 0.0992. The molecule has 16 heavy (non-hydrogen) atoms. The third-order valence-corrected chi connectivity index (χ3v) is 3.46. The zero-order valence-electron chi connectivity index (χ0n) is 8.11. The zero-order chi connectivity index (χ0) is 11.5. The Balaban J connectivity index is 2.21. The van der Waals surface area contributed by atoms with E-state index in [1.807, 2.05) is 5.38 Å². The van der Waals surface area contributed by atoms with Gasteiger partial charge in [-0.2, -0.15) is 0 Å². The van der Waals surface area contributed by atoms with Crippen LogP contribution in [0.5, 0.6) is 0 Å². The van der Waals surface area contributed by atoms with Crippen molar-refractivity contribution in [3.63, 3.8) is 0 Å². The van der Waals surface area contributed by atoms with E-state index >= 15 is 0 Å². The molecule has 5 heteroatoms. The minimum Gasteiger partial charge on any atom is -0.294 e. The number of ketones is 1. The molecule has 0 saturated heterocycles. The molecular formula is C11H7BrFNOS. The smallest absolute Gasteiger partial charge is 0.170 e. The monoisotopic (exact) mass is 299 g/mol. The van der Waals surface area contributed by atoms with Gasteiger partial charge in [0, 0.05) is 21.6 Å². The van der Waals surface area contributed by atoms with E-state index in [1.165, 1.54) is 29.5 Å². The number of thiazole rings is 1. The van der Waals surface area contributed by atoms with Crippen LogP contribution in [-0.2, 0) is 6.42 Å². The van der Waals surface area contributed by atoms with Crippen molar-refractivity contribution < 1.29 is 9.18 Å². The Hall–Kier alpha value is -1.07. The van der Waals surface area contributed by atoms with Crippen LogP contribution >= 0.6 is 27.3 Å². The standard InChI is InChI=1S/C11H7BrFNOS/c12-9-5-7(13)1-2-8(9)10(15)6-11-14-3-4-16-11/h1-5H,6H2. The Morgan fingerprint density at radius 2 is 2.31 bits per heavy atom. The number of nitrogens with zero attached hydrogens (tertiary/aromatic N) is 1. The summed E-state index contributed by atoms with van der Waals surface area (Å²) in [7, 11) is 0. The second kappa shape index (κ2) is 4.84. The zero-order valence-corrected chi connectivity index (χ0v) is 10.5. The van der Waals surface area contributed by atoms with Gasteiger partial charge in [0.15, 0.2) is 5.78 Å². The summed E-state index contributed by atoms with van der Waals surface area (Å²) in [4.78, 5) is 15.9. The summed E-state index contributed by atoms with van der Waals surface area (Å²) in [6, 6.07) is 4.05. The molecule has 0 radical (unpaired) electrons. The highest BCUT2D eigenvalue weighted by atomic mass is 79.9. The van der Waals surface area contributed by atoms with E-state index < -0.39 is 0 Å². The third kappa shape index (κ3) is 2.54. The van der Waals surface area contributed by atoms with Crippen molar-refractivity contribution in [1.82, 2.24) is 4.98 Å². The van der Waals surface area contributed by atoms with Gasteiger partial charge in [0.05, 0.1) is 6.42 Å². The maximum atomic E-state index is 12.8. The molecule has 0 fully saturated rings. The van der Waals surface area contributed by atoms with E-state index in [4.69, 9.17) is 0 Å². The van der Waals surface area contributed by atoms with Crippen molar-refractivity contribution >= 4 is 33.0 Å². The van der Waals surface area contributed by atoms with Crippen LogP contribution in [0, 0.1) is 5.82 Å². The Kier molecular flexibility index (Phi) is 3.46.